The van der Waals surface area contributed by atoms with E-state index in [2.05, 4.69) is 4.72 Å². The minimum atomic E-state index is -3.95. The van der Waals surface area contributed by atoms with Gasteiger partial charge in [-0.3, -0.25) is 9.52 Å². The van der Waals surface area contributed by atoms with Gasteiger partial charge in [0, 0.05) is 24.3 Å². The van der Waals surface area contributed by atoms with Crippen molar-refractivity contribution in [2.24, 2.45) is 0 Å². The van der Waals surface area contributed by atoms with Crippen LogP contribution in [0.25, 0.3) is 0 Å². The number of rotatable bonds is 9. The van der Waals surface area contributed by atoms with E-state index in [0.717, 1.165) is 31.0 Å². The van der Waals surface area contributed by atoms with Crippen molar-refractivity contribution in [3.63, 3.8) is 0 Å². The van der Waals surface area contributed by atoms with Crippen LogP contribution in [0.15, 0.2) is 47.4 Å². The minimum absolute atomic E-state index is 0.131. The van der Waals surface area contributed by atoms with Gasteiger partial charge >= 0.3 is 0 Å². The summed E-state index contributed by atoms with van der Waals surface area (Å²) in [7, 11) is -3.95. The lowest BCUT2D eigenvalue weighted by molar-refractivity contribution is 0.0719. The quantitative estimate of drug-likeness (QED) is 0.639. The topological polar surface area (TPSA) is 86.7 Å². The first kappa shape index (κ1) is 22.1. The van der Waals surface area contributed by atoms with Crippen LogP contribution < -0.4 is 4.72 Å². The van der Waals surface area contributed by atoms with Gasteiger partial charge in [0.25, 0.3) is 15.9 Å². The number of carbonyl (C=O) groups excluding carboxylic acids is 1. The Morgan fingerprint density at radius 1 is 1.18 bits per heavy atom. The van der Waals surface area contributed by atoms with Gasteiger partial charge in [-0.25, -0.2) is 12.8 Å². The van der Waals surface area contributed by atoms with E-state index < -0.39 is 15.8 Å². The Hall–Kier alpha value is -2.16. The molecule has 0 radical (unpaired) electrons. The highest BCUT2D eigenvalue weighted by Crippen LogP contribution is 2.22. The van der Waals surface area contributed by atoms with Crippen LogP contribution in [0.1, 0.15) is 30.1 Å². The summed E-state index contributed by atoms with van der Waals surface area (Å²) >= 11 is 5.64. The van der Waals surface area contributed by atoms with E-state index in [1.54, 1.807) is 4.90 Å². The minimum Gasteiger partial charge on any atom is -0.395 e. The van der Waals surface area contributed by atoms with E-state index in [4.69, 9.17) is 16.7 Å². The van der Waals surface area contributed by atoms with Crippen molar-refractivity contribution < 1.29 is 22.7 Å². The fourth-order valence-electron chi connectivity index (χ4n) is 2.51. The van der Waals surface area contributed by atoms with Crippen molar-refractivity contribution in [1.29, 1.82) is 0 Å². The standard InChI is InChI=1S/C19H22ClFN2O4S/c1-2-3-10-23(11-12-24)19(25)14-4-6-15(7-5-14)22-28(26,27)16-8-9-18(21)17(20)13-16/h4-9,13,22,24H,2-3,10-12H2,1H3. The molecule has 1 amide bonds. The van der Waals surface area contributed by atoms with Gasteiger partial charge in [-0.05, 0) is 48.9 Å². The fourth-order valence-corrected chi connectivity index (χ4v) is 3.84. The lowest BCUT2D eigenvalue weighted by Gasteiger charge is -2.21. The number of nitrogens with zero attached hydrogens (tertiary/aromatic N) is 1. The van der Waals surface area contributed by atoms with E-state index >= 15 is 0 Å². The van der Waals surface area contributed by atoms with Gasteiger partial charge in [-0.1, -0.05) is 24.9 Å². The maximum Gasteiger partial charge on any atom is 0.261 e. The Bertz CT molecular complexity index is 920. The number of anilines is 1. The Kier molecular flexibility index (Phi) is 7.79. The predicted molar refractivity (Wildman–Crippen MR) is 107 cm³/mol. The number of aliphatic hydroxyl groups is 1. The van der Waals surface area contributed by atoms with Crippen LogP contribution in [-0.4, -0.2) is 44.0 Å². The lowest BCUT2D eigenvalue weighted by Crippen LogP contribution is -2.34. The normalized spacial score (nSPS) is 11.3. The number of sulfonamides is 1. The van der Waals surface area contributed by atoms with Gasteiger partial charge in [0.15, 0.2) is 0 Å². The number of nitrogens with one attached hydrogen (secondary N) is 1. The van der Waals surface area contributed by atoms with Crippen LogP contribution in [0.5, 0.6) is 0 Å². The van der Waals surface area contributed by atoms with Gasteiger partial charge in [0.05, 0.1) is 16.5 Å². The monoisotopic (exact) mass is 428 g/mol. The molecular weight excluding hydrogens is 407 g/mol. The molecule has 0 fully saturated rings. The van der Waals surface area contributed by atoms with Crippen molar-refractivity contribution >= 4 is 33.2 Å². The summed E-state index contributed by atoms with van der Waals surface area (Å²) in [5.41, 5.74) is 0.636. The van der Waals surface area contributed by atoms with Crippen molar-refractivity contribution in [3.8, 4) is 0 Å². The summed E-state index contributed by atoms with van der Waals surface area (Å²) in [5, 5.41) is 8.85. The van der Waals surface area contributed by atoms with Crippen LogP contribution >= 0.6 is 11.6 Å². The first-order valence-electron chi connectivity index (χ1n) is 8.76. The molecule has 0 aliphatic carbocycles. The smallest absolute Gasteiger partial charge is 0.261 e. The molecule has 152 valence electrons. The molecular formula is C19H22ClFN2O4S. The number of hydrogen-bond donors (Lipinski definition) is 2. The van der Waals surface area contributed by atoms with Crippen LogP contribution in [0, 0.1) is 5.82 Å². The molecule has 0 saturated heterocycles. The number of unbranched alkanes of at least 4 members (excludes halogenated alkanes) is 1. The van der Waals surface area contributed by atoms with E-state index in [9.17, 15) is 17.6 Å². The number of benzene rings is 2. The number of hydrogen-bond acceptors (Lipinski definition) is 4. The summed E-state index contributed by atoms with van der Waals surface area (Å²) < 4.78 is 40.4. The zero-order valence-electron chi connectivity index (χ0n) is 15.4. The molecule has 0 bridgehead atoms. The zero-order valence-corrected chi connectivity index (χ0v) is 16.9. The molecule has 28 heavy (non-hydrogen) atoms. The van der Waals surface area contributed by atoms with Crippen molar-refractivity contribution in [3.05, 3.63) is 58.9 Å². The van der Waals surface area contributed by atoms with Gasteiger partial charge in [-0.2, -0.15) is 0 Å². The van der Waals surface area contributed by atoms with Crippen molar-refractivity contribution in [1.82, 2.24) is 4.90 Å². The summed E-state index contributed by atoms with van der Waals surface area (Å²) in [6, 6.07) is 9.06. The second kappa shape index (κ2) is 9.86. The average molecular weight is 429 g/mol. The number of carbonyl (C=O) groups is 1. The van der Waals surface area contributed by atoms with Crippen LogP contribution in [0.3, 0.4) is 0 Å². The third-order valence-electron chi connectivity index (χ3n) is 4.02. The Balaban J connectivity index is 2.14. The maximum atomic E-state index is 13.2. The van der Waals surface area contributed by atoms with Crippen molar-refractivity contribution in [2.45, 2.75) is 24.7 Å². The predicted octanol–water partition coefficient (Wildman–Crippen LogP) is 3.51. The fraction of sp³-hybridized carbons (Fsp3) is 0.316. The Labute approximate surface area is 169 Å². The van der Waals surface area contributed by atoms with Gasteiger partial charge in [0.1, 0.15) is 5.82 Å². The average Bonchev–Trinajstić information content (AvgIpc) is 2.67. The maximum absolute atomic E-state index is 13.2. The second-order valence-corrected chi connectivity index (χ2v) is 8.22. The van der Waals surface area contributed by atoms with Crippen LogP contribution in [0.4, 0.5) is 10.1 Å². The largest absolute Gasteiger partial charge is 0.395 e. The van der Waals surface area contributed by atoms with Crippen LogP contribution in [0.2, 0.25) is 5.02 Å². The molecule has 0 aromatic heterocycles. The Morgan fingerprint density at radius 3 is 2.43 bits per heavy atom. The van der Waals surface area contributed by atoms with E-state index in [-0.39, 0.29) is 34.7 Å². The van der Waals surface area contributed by atoms with Gasteiger partial charge in [0.2, 0.25) is 0 Å². The molecule has 6 nitrogen and oxygen atoms in total. The Morgan fingerprint density at radius 2 is 1.86 bits per heavy atom. The molecule has 2 rings (SSSR count). The molecule has 2 N–H and O–H groups in total. The molecule has 0 aliphatic heterocycles. The SMILES string of the molecule is CCCCN(CCO)C(=O)c1ccc(NS(=O)(=O)c2ccc(F)c(Cl)c2)cc1. The van der Waals surface area contributed by atoms with E-state index in [1.165, 1.54) is 24.3 Å². The molecule has 0 heterocycles. The molecule has 2 aromatic rings. The van der Waals surface area contributed by atoms with Gasteiger partial charge in [-0.15, -0.1) is 0 Å². The summed E-state index contributed by atoms with van der Waals surface area (Å²) in [5.74, 6) is -0.943. The summed E-state index contributed by atoms with van der Waals surface area (Å²) in [6.45, 7) is 2.65. The molecule has 2 aromatic carbocycles. The molecule has 0 atom stereocenters. The molecule has 0 unspecified atom stereocenters. The molecule has 9 heteroatoms. The number of halogens is 2. The van der Waals surface area contributed by atoms with Gasteiger partial charge < -0.3 is 10.0 Å². The molecule has 0 spiro atoms. The third kappa shape index (κ3) is 5.67. The lowest BCUT2D eigenvalue weighted by atomic mass is 10.1. The highest BCUT2D eigenvalue weighted by atomic mass is 35.5. The van der Waals surface area contributed by atoms with E-state index in [1.807, 2.05) is 6.92 Å². The first-order chi connectivity index (χ1) is 13.3. The molecule has 0 saturated carbocycles. The number of aliphatic hydroxyl groups excluding tert-OH is 1. The van der Waals surface area contributed by atoms with Crippen LogP contribution in [-0.2, 0) is 10.0 Å². The number of amides is 1. The molecule has 0 aliphatic rings. The third-order valence-corrected chi connectivity index (χ3v) is 5.69. The summed E-state index contributed by atoms with van der Waals surface area (Å²) in [4.78, 5) is 13.9. The van der Waals surface area contributed by atoms with E-state index in [0.29, 0.717) is 12.1 Å². The first-order valence-corrected chi connectivity index (χ1v) is 10.6. The highest BCUT2D eigenvalue weighted by molar-refractivity contribution is 7.92. The zero-order chi connectivity index (χ0) is 20.7. The summed E-state index contributed by atoms with van der Waals surface area (Å²) in [6.07, 6.45) is 1.74. The highest BCUT2D eigenvalue weighted by Gasteiger charge is 2.18. The second-order valence-electron chi connectivity index (χ2n) is 6.13. The van der Waals surface area contributed by atoms with Crippen molar-refractivity contribution in [2.75, 3.05) is 24.4 Å².